The van der Waals surface area contributed by atoms with Crippen LogP contribution >= 0.6 is 0 Å². The Morgan fingerprint density at radius 3 is 2.70 bits per heavy atom. The number of benzene rings is 1. The van der Waals surface area contributed by atoms with Gasteiger partial charge in [0.1, 0.15) is 0 Å². The van der Waals surface area contributed by atoms with Crippen LogP contribution in [0.2, 0.25) is 0 Å². The summed E-state index contributed by atoms with van der Waals surface area (Å²) in [7, 11) is 0. The average Bonchev–Trinajstić information content (AvgIpc) is 2.62. The lowest BCUT2D eigenvalue weighted by Crippen LogP contribution is -2.29. The van der Waals surface area contributed by atoms with Gasteiger partial charge in [0.15, 0.2) is 11.5 Å². The molecule has 4 heteroatoms. The number of nitrogens with one attached hydrogen (secondary N) is 1. The van der Waals surface area contributed by atoms with Crippen LogP contribution in [0.25, 0.3) is 0 Å². The van der Waals surface area contributed by atoms with Crippen molar-refractivity contribution in [3.63, 3.8) is 0 Å². The standard InChI is InChI=1S/C16H23NO3/c1-5-6-11(2)9-15(18)17-12-7-8-13-14(10-12)20-16(3,4)19-13/h7-8,10-11H,5-6,9H2,1-4H3,(H,17,18). The monoisotopic (exact) mass is 277 g/mol. The van der Waals surface area contributed by atoms with Gasteiger partial charge in [-0.2, -0.15) is 0 Å². The summed E-state index contributed by atoms with van der Waals surface area (Å²) in [5, 5.41) is 2.91. The van der Waals surface area contributed by atoms with Crippen LogP contribution in [0.4, 0.5) is 5.69 Å². The Balaban J connectivity index is 1.97. The molecular formula is C16H23NO3. The SMILES string of the molecule is CCCC(C)CC(=O)Nc1ccc2c(c1)OC(C)(C)O2. The Hall–Kier alpha value is -1.71. The molecule has 1 heterocycles. The first-order chi connectivity index (χ1) is 9.39. The van der Waals surface area contributed by atoms with E-state index in [1.54, 1.807) is 0 Å². The zero-order chi connectivity index (χ0) is 14.8. The highest BCUT2D eigenvalue weighted by Crippen LogP contribution is 2.40. The molecule has 0 spiro atoms. The van der Waals surface area contributed by atoms with Crippen LogP contribution in [-0.4, -0.2) is 11.7 Å². The van der Waals surface area contributed by atoms with E-state index in [2.05, 4.69) is 19.2 Å². The van der Waals surface area contributed by atoms with Crippen LogP contribution in [0.3, 0.4) is 0 Å². The van der Waals surface area contributed by atoms with E-state index < -0.39 is 5.79 Å². The molecule has 1 aliphatic heterocycles. The van der Waals surface area contributed by atoms with Gasteiger partial charge >= 0.3 is 0 Å². The first-order valence-corrected chi connectivity index (χ1v) is 7.21. The molecule has 1 amide bonds. The maximum atomic E-state index is 11.9. The Labute approximate surface area is 120 Å². The molecule has 1 N–H and O–H groups in total. The Kier molecular flexibility index (Phi) is 4.21. The normalized spacial score (nSPS) is 16.8. The van der Waals surface area contributed by atoms with E-state index in [-0.39, 0.29) is 5.91 Å². The molecule has 1 aromatic carbocycles. The summed E-state index contributed by atoms with van der Waals surface area (Å²) in [6.45, 7) is 7.95. The zero-order valence-corrected chi connectivity index (χ0v) is 12.7. The van der Waals surface area contributed by atoms with Gasteiger partial charge in [0, 0.05) is 32.0 Å². The minimum absolute atomic E-state index is 0.0454. The van der Waals surface area contributed by atoms with E-state index in [4.69, 9.17) is 9.47 Å². The Bertz CT molecular complexity index is 496. The number of hydrogen-bond donors (Lipinski definition) is 1. The highest BCUT2D eigenvalue weighted by molar-refractivity contribution is 5.91. The smallest absolute Gasteiger partial charge is 0.246 e. The van der Waals surface area contributed by atoms with Crippen molar-refractivity contribution in [2.24, 2.45) is 5.92 Å². The molecule has 0 aliphatic carbocycles. The first-order valence-electron chi connectivity index (χ1n) is 7.21. The number of amides is 1. The molecule has 1 aromatic rings. The zero-order valence-electron chi connectivity index (χ0n) is 12.7. The molecule has 20 heavy (non-hydrogen) atoms. The third-order valence-electron chi connectivity index (χ3n) is 3.25. The van der Waals surface area contributed by atoms with Crippen molar-refractivity contribution >= 4 is 11.6 Å². The van der Waals surface area contributed by atoms with Crippen molar-refractivity contribution in [3.05, 3.63) is 18.2 Å². The van der Waals surface area contributed by atoms with Crippen molar-refractivity contribution in [2.45, 2.75) is 52.7 Å². The largest absolute Gasteiger partial charge is 0.449 e. The van der Waals surface area contributed by atoms with Crippen molar-refractivity contribution < 1.29 is 14.3 Å². The second-order valence-electron chi connectivity index (χ2n) is 5.91. The molecule has 0 bridgehead atoms. The molecule has 2 rings (SSSR count). The summed E-state index contributed by atoms with van der Waals surface area (Å²) in [5.74, 6) is 1.21. The lowest BCUT2D eigenvalue weighted by atomic mass is 10.0. The fourth-order valence-corrected chi connectivity index (χ4v) is 2.42. The fourth-order valence-electron chi connectivity index (χ4n) is 2.42. The molecular weight excluding hydrogens is 254 g/mol. The molecule has 0 fully saturated rings. The minimum Gasteiger partial charge on any atom is -0.449 e. The fraction of sp³-hybridized carbons (Fsp3) is 0.562. The summed E-state index contributed by atoms with van der Waals surface area (Å²) < 4.78 is 11.3. The maximum absolute atomic E-state index is 11.9. The summed E-state index contributed by atoms with van der Waals surface area (Å²) in [6, 6.07) is 5.48. The summed E-state index contributed by atoms with van der Waals surface area (Å²) in [6.07, 6.45) is 2.73. The highest BCUT2D eigenvalue weighted by atomic mass is 16.7. The van der Waals surface area contributed by atoms with Gasteiger partial charge in [-0.25, -0.2) is 0 Å². The van der Waals surface area contributed by atoms with Gasteiger partial charge < -0.3 is 14.8 Å². The van der Waals surface area contributed by atoms with Gasteiger partial charge in [-0.3, -0.25) is 4.79 Å². The molecule has 1 unspecified atom stereocenters. The quantitative estimate of drug-likeness (QED) is 0.886. The maximum Gasteiger partial charge on any atom is 0.246 e. The van der Waals surface area contributed by atoms with Crippen LogP contribution in [0.1, 0.15) is 47.0 Å². The molecule has 110 valence electrons. The van der Waals surface area contributed by atoms with E-state index in [9.17, 15) is 4.79 Å². The predicted octanol–water partition coefficient (Wildman–Crippen LogP) is 3.96. The van der Waals surface area contributed by atoms with Crippen molar-refractivity contribution in [2.75, 3.05) is 5.32 Å². The molecule has 0 radical (unpaired) electrons. The number of rotatable bonds is 5. The second-order valence-corrected chi connectivity index (χ2v) is 5.91. The van der Waals surface area contributed by atoms with Crippen LogP contribution in [0.5, 0.6) is 11.5 Å². The van der Waals surface area contributed by atoms with Crippen molar-refractivity contribution in [1.29, 1.82) is 0 Å². The summed E-state index contributed by atoms with van der Waals surface area (Å²) in [4.78, 5) is 11.9. The number of fused-ring (bicyclic) bond motifs is 1. The van der Waals surface area contributed by atoms with Crippen LogP contribution < -0.4 is 14.8 Å². The van der Waals surface area contributed by atoms with Gasteiger partial charge in [-0.05, 0) is 18.1 Å². The topological polar surface area (TPSA) is 47.6 Å². The number of anilines is 1. The van der Waals surface area contributed by atoms with Crippen LogP contribution in [-0.2, 0) is 4.79 Å². The van der Waals surface area contributed by atoms with Gasteiger partial charge in [-0.1, -0.05) is 26.7 Å². The molecule has 1 atom stereocenters. The van der Waals surface area contributed by atoms with E-state index in [1.165, 1.54) is 0 Å². The highest BCUT2D eigenvalue weighted by Gasteiger charge is 2.31. The van der Waals surface area contributed by atoms with Crippen molar-refractivity contribution in [3.8, 4) is 11.5 Å². The van der Waals surface area contributed by atoms with Gasteiger partial charge in [0.25, 0.3) is 0 Å². The van der Waals surface area contributed by atoms with Crippen LogP contribution in [0.15, 0.2) is 18.2 Å². The molecule has 0 saturated carbocycles. The molecule has 0 saturated heterocycles. The number of carbonyl (C=O) groups excluding carboxylic acids is 1. The van der Waals surface area contributed by atoms with E-state index in [0.29, 0.717) is 23.8 Å². The number of ether oxygens (including phenoxy) is 2. The number of carbonyl (C=O) groups is 1. The van der Waals surface area contributed by atoms with E-state index >= 15 is 0 Å². The number of hydrogen-bond acceptors (Lipinski definition) is 3. The third-order valence-corrected chi connectivity index (χ3v) is 3.25. The molecule has 0 aromatic heterocycles. The van der Waals surface area contributed by atoms with Gasteiger partial charge in [0.2, 0.25) is 11.7 Å². The Morgan fingerprint density at radius 2 is 2.00 bits per heavy atom. The summed E-state index contributed by atoms with van der Waals surface area (Å²) >= 11 is 0. The summed E-state index contributed by atoms with van der Waals surface area (Å²) in [5.41, 5.74) is 0.749. The predicted molar refractivity (Wildman–Crippen MR) is 79.1 cm³/mol. The lowest BCUT2D eigenvalue weighted by Gasteiger charge is -2.16. The van der Waals surface area contributed by atoms with E-state index in [0.717, 1.165) is 18.5 Å². The average molecular weight is 277 g/mol. The van der Waals surface area contributed by atoms with E-state index in [1.807, 2.05) is 32.0 Å². The minimum atomic E-state index is -0.638. The van der Waals surface area contributed by atoms with Crippen LogP contribution in [0, 0.1) is 5.92 Å². The molecule has 1 aliphatic rings. The van der Waals surface area contributed by atoms with Gasteiger partial charge in [0.05, 0.1) is 0 Å². The lowest BCUT2D eigenvalue weighted by molar-refractivity contribution is -0.117. The first kappa shape index (κ1) is 14.7. The Morgan fingerprint density at radius 1 is 1.30 bits per heavy atom. The third kappa shape index (κ3) is 3.65. The second kappa shape index (κ2) is 5.73. The van der Waals surface area contributed by atoms with Crippen molar-refractivity contribution in [1.82, 2.24) is 0 Å². The van der Waals surface area contributed by atoms with Gasteiger partial charge in [-0.15, -0.1) is 0 Å². The molecule has 4 nitrogen and oxygen atoms in total.